The van der Waals surface area contributed by atoms with Crippen LogP contribution in [-0.2, 0) is 30.5 Å². The van der Waals surface area contributed by atoms with Crippen molar-refractivity contribution in [2.45, 2.75) is 36.1 Å². The van der Waals surface area contributed by atoms with Crippen molar-refractivity contribution in [3.63, 3.8) is 0 Å². The van der Waals surface area contributed by atoms with E-state index in [9.17, 15) is 33.9 Å². The van der Waals surface area contributed by atoms with Crippen LogP contribution < -0.4 is 16.4 Å². The third kappa shape index (κ3) is 5.04. The van der Waals surface area contributed by atoms with E-state index in [1.165, 1.54) is 16.3 Å². The molecule has 15 heteroatoms. The average Bonchev–Trinajstić information content (AvgIpc) is 2.90. The number of carboxylic acid groups (broad SMARTS) is 1. The molecule has 1 aromatic heterocycles. The number of β-lactam (4-membered cyclic amide) rings is 1. The number of aromatic amines is 1. The van der Waals surface area contributed by atoms with Crippen LogP contribution in [0.2, 0.25) is 0 Å². The molecule has 37 heavy (non-hydrogen) atoms. The number of nitrogens with one attached hydrogen (secondary N) is 2. The van der Waals surface area contributed by atoms with Crippen LogP contribution in [0.15, 0.2) is 56.3 Å². The summed E-state index contributed by atoms with van der Waals surface area (Å²) in [5.41, 5.74) is -0.995. The Morgan fingerprint density at radius 2 is 2.05 bits per heavy atom. The molecule has 3 N–H and O–H groups in total. The Bertz CT molecular complexity index is 1390. The molecule has 2 aliphatic rings. The monoisotopic (exact) mass is 547 g/mol. The zero-order valence-electron chi connectivity index (χ0n) is 19.3. The summed E-state index contributed by atoms with van der Waals surface area (Å²) in [4.78, 5) is 73.5. The Hall–Kier alpha value is -3.85. The van der Waals surface area contributed by atoms with E-state index in [0.717, 1.165) is 16.7 Å². The predicted molar refractivity (Wildman–Crippen MR) is 132 cm³/mol. The first-order valence-electron chi connectivity index (χ1n) is 10.9. The molecule has 1 aromatic carbocycles. The number of hydrogen-bond donors (Lipinski definition) is 3. The molecule has 0 aliphatic carbocycles. The van der Waals surface area contributed by atoms with E-state index in [1.807, 2.05) is 0 Å². The summed E-state index contributed by atoms with van der Waals surface area (Å²) >= 11 is 2.33. The maximum Gasteiger partial charge on any atom is 0.352 e. The lowest BCUT2D eigenvalue weighted by atomic mass is 10.0. The maximum atomic E-state index is 13.0. The lowest BCUT2D eigenvalue weighted by Crippen LogP contribution is -2.71. The highest BCUT2D eigenvalue weighted by molar-refractivity contribution is 8.01. The third-order valence-electron chi connectivity index (χ3n) is 5.69. The molecule has 0 bridgehead atoms. The minimum atomic E-state index is -1.31. The standard InChI is InChI=1S/C22H21N5O8S2/c1-2-26-19(32)17(30)24-25-22(26)37-9-12-8-36-20-13(18(31)27(20)14(12)21(33)34)23-16(29)15(35-10-28)11-6-4-3-5-7-11/h3-7,10,13,15,20H,2,8-9H2,1H3,(H,23,29)(H,24,30)(H,33,34)/t13?,15?,20-/m1/s1. The van der Waals surface area contributed by atoms with Crippen molar-refractivity contribution < 1.29 is 29.0 Å². The van der Waals surface area contributed by atoms with Crippen LogP contribution in [0.5, 0.6) is 0 Å². The molecular weight excluding hydrogens is 526 g/mol. The van der Waals surface area contributed by atoms with Gasteiger partial charge in [0, 0.05) is 23.6 Å². The van der Waals surface area contributed by atoms with Crippen LogP contribution in [0.1, 0.15) is 18.6 Å². The smallest absolute Gasteiger partial charge is 0.352 e. The second-order valence-corrected chi connectivity index (χ2v) is 9.90. The molecule has 2 aliphatic heterocycles. The van der Waals surface area contributed by atoms with Crippen LogP contribution in [-0.4, -0.2) is 71.9 Å². The summed E-state index contributed by atoms with van der Waals surface area (Å²) in [6.07, 6.45) is -1.27. The fourth-order valence-corrected chi connectivity index (χ4v) is 6.45. The normalized spacial score (nSPS) is 19.5. The largest absolute Gasteiger partial charge is 0.477 e. The number of rotatable bonds is 10. The number of aliphatic carboxylic acids is 1. The van der Waals surface area contributed by atoms with E-state index in [-0.39, 0.29) is 35.4 Å². The van der Waals surface area contributed by atoms with Gasteiger partial charge >= 0.3 is 17.1 Å². The van der Waals surface area contributed by atoms with Crippen molar-refractivity contribution in [3.05, 3.63) is 67.9 Å². The number of benzene rings is 1. The Kier molecular flexibility index (Phi) is 7.83. The average molecular weight is 548 g/mol. The Morgan fingerprint density at radius 1 is 1.32 bits per heavy atom. The SMILES string of the molecule is CCn1c(SCC2=C(C(=O)O)N3C(=O)C(NC(=O)C(OC=O)c4ccccc4)[C@H]3SC2)n[nH]c(=O)c1=O. The highest BCUT2D eigenvalue weighted by atomic mass is 32.2. The van der Waals surface area contributed by atoms with Gasteiger partial charge in [-0.15, -0.1) is 16.9 Å². The van der Waals surface area contributed by atoms with Crippen molar-refractivity contribution in [1.29, 1.82) is 0 Å². The number of hydrogen-bond acceptors (Lipinski definition) is 10. The lowest BCUT2D eigenvalue weighted by Gasteiger charge is -2.49. The van der Waals surface area contributed by atoms with Gasteiger partial charge in [0.1, 0.15) is 17.1 Å². The molecule has 0 saturated carbocycles. The van der Waals surface area contributed by atoms with E-state index in [2.05, 4.69) is 15.5 Å². The number of thioether (sulfide) groups is 2. The Labute approximate surface area is 217 Å². The molecule has 3 heterocycles. The molecule has 0 radical (unpaired) electrons. The second-order valence-electron chi connectivity index (χ2n) is 7.85. The maximum absolute atomic E-state index is 13.0. The van der Waals surface area contributed by atoms with Crippen molar-refractivity contribution in [3.8, 4) is 0 Å². The third-order valence-corrected chi connectivity index (χ3v) is 8.10. The minimum Gasteiger partial charge on any atom is -0.477 e. The van der Waals surface area contributed by atoms with E-state index < -0.39 is 46.4 Å². The van der Waals surface area contributed by atoms with Crippen molar-refractivity contribution in [1.82, 2.24) is 25.0 Å². The minimum absolute atomic E-state index is 0.101. The number of aromatic nitrogens is 3. The number of H-pyrrole nitrogens is 1. The van der Waals surface area contributed by atoms with E-state index in [1.54, 1.807) is 37.3 Å². The molecule has 0 spiro atoms. The topological polar surface area (TPSA) is 181 Å². The van der Waals surface area contributed by atoms with Gasteiger partial charge in [0.2, 0.25) is 6.10 Å². The van der Waals surface area contributed by atoms with Gasteiger partial charge in [0.15, 0.2) is 5.16 Å². The van der Waals surface area contributed by atoms with Crippen molar-refractivity contribution >= 4 is 47.8 Å². The molecule has 3 atom stereocenters. The molecule has 1 fully saturated rings. The summed E-state index contributed by atoms with van der Waals surface area (Å²) in [5, 5.41) is 18.0. The molecule has 194 valence electrons. The van der Waals surface area contributed by atoms with Crippen LogP contribution >= 0.6 is 23.5 Å². The van der Waals surface area contributed by atoms with Gasteiger partial charge < -0.3 is 15.2 Å². The van der Waals surface area contributed by atoms with Gasteiger partial charge in [-0.05, 0) is 12.5 Å². The summed E-state index contributed by atoms with van der Waals surface area (Å²) in [6, 6.07) is 7.26. The molecule has 13 nitrogen and oxygen atoms in total. The highest BCUT2D eigenvalue weighted by Gasteiger charge is 2.54. The number of carbonyl (C=O) groups excluding carboxylic acids is 3. The summed E-state index contributed by atoms with van der Waals surface area (Å²) in [6.45, 7) is 2.01. The first-order chi connectivity index (χ1) is 17.8. The zero-order chi connectivity index (χ0) is 26.7. The summed E-state index contributed by atoms with van der Waals surface area (Å²) in [5.74, 6) is -2.30. The van der Waals surface area contributed by atoms with Gasteiger partial charge in [-0.3, -0.25) is 33.4 Å². The fourth-order valence-electron chi connectivity index (χ4n) is 3.96. The summed E-state index contributed by atoms with van der Waals surface area (Å²) in [7, 11) is 0. The van der Waals surface area contributed by atoms with E-state index in [4.69, 9.17) is 4.74 Å². The van der Waals surface area contributed by atoms with Gasteiger partial charge in [-0.2, -0.15) is 0 Å². The number of nitrogens with zero attached hydrogens (tertiary/aromatic N) is 3. The quantitative estimate of drug-likeness (QED) is 0.154. The fraction of sp³-hybridized carbons (Fsp3) is 0.318. The second kappa shape index (κ2) is 11.0. The number of ether oxygens (including phenoxy) is 1. The van der Waals surface area contributed by atoms with E-state index >= 15 is 0 Å². The highest BCUT2D eigenvalue weighted by Crippen LogP contribution is 2.41. The Morgan fingerprint density at radius 3 is 2.70 bits per heavy atom. The van der Waals surface area contributed by atoms with Crippen LogP contribution in [0.25, 0.3) is 0 Å². The van der Waals surface area contributed by atoms with Crippen LogP contribution in [0.4, 0.5) is 0 Å². The summed E-state index contributed by atoms with van der Waals surface area (Å²) < 4.78 is 6.11. The predicted octanol–water partition coefficient (Wildman–Crippen LogP) is -0.303. The number of fused-ring (bicyclic) bond motifs is 1. The molecule has 2 unspecified atom stereocenters. The van der Waals surface area contributed by atoms with Gasteiger partial charge in [-0.1, -0.05) is 42.1 Å². The molecule has 2 amide bonds. The van der Waals surface area contributed by atoms with Gasteiger partial charge in [0.25, 0.3) is 18.3 Å². The lowest BCUT2D eigenvalue weighted by molar-refractivity contribution is -0.154. The number of amides is 2. The number of carbonyl (C=O) groups is 4. The van der Waals surface area contributed by atoms with Crippen molar-refractivity contribution in [2.24, 2.45) is 0 Å². The first kappa shape index (κ1) is 26.2. The van der Waals surface area contributed by atoms with Crippen molar-refractivity contribution in [2.75, 3.05) is 11.5 Å². The molecule has 2 aromatic rings. The molecule has 4 rings (SSSR count). The first-order valence-corrected chi connectivity index (χ1v) is 13.0. The molecular formula is C22H21N5O8S2. The van der Waals surface area contributed by atoms with Crippen LogP contribution in [0.3, 0.4) is 0 Å². The molecule has 1 saturated heterocycles. The van der Waals surface area contributed by atoms with Crippen LogP contribution in [0, 0.1) is 0 Å². The van der Waals surface area contributed by atoms with Gasteiger partial charge in [0.05, 0.1) is 0 Å². The Balaban J connectivity index is 1.51. The zero-order valence-corrected chi connectivity index (χ0v) is 20.9. The number of carboxylic acids is 1. The van der Waals surface area contributed by atoms with Gasteiger partial charge in [-0.25, -0.2) is 9.89 Å². The van der Waals surface area contributed by atoms with E-state index in [0.29, 0.717) is 11.1 Å².